The van der Waals surface area contributed by atoms with Crippen molar-refractivity contribution in [2.24, 2.45) is 0 Å². The number of nitrogens with two attached hydrogens (primary N) is 1. The molecule has 1 aromatic carbocycles. The van der Waals surface area contributed by atoms with E-state index in [1.165, 1.54) is 6.20 Å². The Morgan fingerprint density at radius 3 is 2.56 bits per heavy atom. The van der Waals surface area contributed by atoms with Crippen molar-refractivity contribution in [3.63, 3.8) is 0 Å². The average molecular weight is 242 g/mol. The van der Waals surface area contributed by atoms with Gasteiger partial charge < -0.3 is 11.1 Å². The summed E-state index contributed by atoms with van der Waals surface area (Å²) in [5.74, 6) is -0.237. The lowest BCUT2D eigenvalue weighted by atomic mass is 10.2. The minimum atomic E-state index is -0.237. The summed E-state index contributed by atoms with van der Waals surface area (Å²) in [4.78, 5) is 19.8. The molecule has 0 fully saturated rings. The molecule has 2 rings (SSSR count). The van der Waals surface area contributed by atoms with Gasteiger partial charge in [0.2, 0.25) is 0 Å². The van der Waals surface area contributed by atoms with Gasteiger partial charge >= 0.3 is 0 Å². The molecule has 0 bridgehead atoms. The molecule has 1 amide bonds. The lowest BCUT2D eigenvalue weighted by Gasteiger charge is -2.05. The second-order valence-electron chi connectivity index (χ2n) is 3.97. The van der Waals surface area contributed by atoms with Crippen LogP contribution in [0.5, 0.6) is 0 Å². The normalized spacial score (nSPS) is 10.1. The summed E-state index contributed by atoms with van der Waals surface area (Å²) < 4.78 is 0. The summed E-state index contributed by atoms with van der Waals surface area (Å²) >= 11 is 0. The van der Waals surface area contributed by atoms with Crippen LogP contribution in [0.2, 0.25) is 0 Å². The summed E-state index contributed by atoms with van der Waals surface area (Å²) in [5, 5.41) is 2.77. The number of rotatable bonds is 3. The Balaban J connectivity index is 1.96. The van der Waals surface area contributed by atoms with Gasteiger partial charge in [-0.2, -0.15) is 0 Å². The SMILES string of the molecule is Cc1cnc(C(=O)NCc2ccc(N)cc2)cn1. The van der Waals surface area contributed by atoms with Crippen LogP contribution in [-0.4, -0.2) is 15.9 Å². The van der Waals surface area contributed by atoms with Crippen LogP contribution in [0.1, 0.15) is 21.7 Å². The van der Waals surface area contributed by atoms with Crippen LogP contribution >= 0.6 is 0 Å². The van der Waals surface area contributed by atoms with Crippen LogP contribution in [0, 0.1) is 6.92 Å². The topological polar surface area (TPSA) is 80.9 Å². The highest BCUT2D eigenvalue weighted by Crippen LogP contribution is 2.05. The van der Waals surface area contributed by atoms with Crippen LogP contribution in [0.25, 0.3) is 0 Å². The molecule has 0 radical (unpaired) electrons. The largest absolute Gasteiger partial charge is 0.399 e. The van der Waals surface area contributed by atoms with E-state index in [1.807, 2.05) is 19.1 Å². The molecule has 0 aliphatic heterocycles. The average Bonchev–Trinajstić information content (AvgIpc) is 2.38. The number of nitrogens with zero attached hydrogens (tertiary/aromatic N) is 2. The number of carbonyl (C=O) groups is 1. The van der Waals surface area contributed by atoms with Crippen molar-refractivity contribution in [2.45, 2.75) is 13.5 Å². The van der Waals surface area contributed by atoms with Crippen LogP contribution < -0.4 is 11.1 Å². The molecule has 0 saturated heterocycles. The standard InChI is InChI=1S/C13H14N4O/c1-9-6-16-12(8-15-9)13(18)17-7-10-2-4-11(14)5-3-10/h2-6,8H,7,14H2,1H3,(H,17,18). The monoisotopic (exact) mass is 242 g/mol. The number of hydrogen-bond donors (Lipinski definition) is 2. The molecule has 1 aromatic heterocycles. The molecule has 0 spiro atoms. The zero-order chi connectivity index (χ0) is 13.0. The lowest BCUT2D eigenvalue weighted by Crippen LogP contribution is -2.24. The first-order valence-corrected chi connectivity index (χ1v) is 5.56. The number of hydrogen-bond acceptors (Lipinski definition) is 4. The van der Waals surface area contributed by atoms with Crippen molar-refractivity contribution in [2.75, 3.05) is 5.73 Å². The van der Waals surface area contributed by atoms with Crippen LogP contribution in [0.4, 0.5) is 5.69 Å². The van der Waals surface area contributed by atoms with Crippen molar-refractivity contribution >= 4 is 11.6 Å². The van der Waals surface area contributed by atoms with E-state index in [2.05, 4.69) is 15.3 Å². The molecule has 0 atom stereocenters. The second kappa shape index (κ2) is 5.27. The van der Waals surface area contributed by atoms with Gasteiger partial charge in [-0.25, -0.2) is 4.98 Å². The Kier molecular flexibility index (Phi) is 3.52. The first-order chi connectivity index (χ1) is 8.65. The molecule has 5 nitrogen and oxygen atoms in total. The van der Waals surface area contributed by atoms with Gasteiger partial charge in [0, 0.05) is 18.4 Å². The van der Waals surface area contributed by atoms with E-state index >= 15 is 0 Å². The molecule has 3 N–H and O–H groups in total. The number of aryl methyl sites for hydroxylation is 1. The van der Waals surface area contributed by atoms with Crippen molar-refractivity contribution in [3.05, 3.63) is 53.6 Å². The fraction of sp³-hybridized carbons (Fsp3) is 0.154. The highest BCUT2D eigenvalue weighted by atomic mass is 16.1. The molecule has 1 heterocycles. The van der Waals surface area contributed by atoms with E-state index in [0.717, 1.165) is 11.3 Å². The van der Waals surface area contributed by atoms with E-state index in [1.54, 1.807) is 18.3 Å². The fourth-order valence-corrected chi connectivity index (χ4v) is 1.42. The Morgan fingerprint density at radius 2 is 1.94 bits per heavy atom. The van der Waals surface area contributed by atoms with E-state index in [-0.39, 0.29) is 5.91 Å². The molecule has 5 heteroatoms. The molecular weight excluding hydrogens is 228 g/mol. The number of nitrogen functional groups attached to an aromatic ring is 1. The van der Waals surface area contributed by atoms with Gasteiger partial charge in [0.25, 0.3) is 5.91 Å². The molecule has 0 aliphatic carbocycles. The second-order valence-corrected chi connectivity index (χ2v) is 3.97. The Morgan fingerprint density at radius 1 is 1.22 bits per heavy atom. The maximum absolute atomic E-state index is 11.8. The first-order valence-electron chi connectivity index (χ1n) is 5.56. The smallest absolute Gasteiger partial charge is 0.271 e. The Labute approximate surface area is 105 Å². The Bertz CT molecular complexity index is 534. The van der Waals surface area contributed by atoms with Crippen LogP contribution in [0.3, 0.4) is 0 Å². The quantitative estimate of drug-likeness (QED) is 0.795. The van der Waals surface area contributed by atoms with E-state index in [0.29, 0.717) is 17.9 Å². The van der Waals surface area contributed by atoms with Crippen molar-refractivity contribution in [1.29, 1.82) is 0 Å². The predicted octanol–water partition coefficient (Wildman–Crippen LogP) is 1.30. The zero-order valence-corrected chi connectivity index (χ0v) is 10.1. The molecular formula is C13H14N4O. The summed E-state index contributed by atoms with van der Waals surface area (Å²) in [6, 6.07) is 7.34. The minimum Gasteiger partial charge on any atom is -0.399 e. The van der Waals surface area contributed by atoms with E-state index in [4.69, 9.17) is 5.73 Å². The van der Waals surface area contributed by atoms with Crippen molar-refractivity contribution < 1.29 is 4.79 Å². The number of amides is 1. The van der Waals surface area contributed by atoms with Crippen LogP contribution in [-0.2, 0) is 6.54 Å². The Hall–Kier alpha value is -2.43. The highest BCUT2D eigenvalue weighted by Gasteiger charge is 2.06. The maximum atomic E-state index is 11.8. The third-order valence-electron chi connectivity index (χ3n) is 2.45. The molecule has 92 valence electrons. The highest BCUT2D eigenvalue weighted by molar-refractivity contribution is 5.91. The number of aromatic nitrogens is 2. The van der Waals surface area contributed by atoms with Gasteiger partial charge in [0.1, 0.15) is 5.69 Å². The van der Waals surface area contributed by atoms with E-state index in [9.17, 15) is 4.79 Å². The molecule has 18 heavy (non-hydrogen) atoms. The summed E-state index contributed by atoms with van der Waals surface area (Å²) in [7, 11) is 0. The van der Waals surface area contributed by atoms with Gasteiger partial charge in [-0.15, -0.1) is 0 Å². The third-order valence-corrected chi connectivity index (χ3v) is 2.45. The maximum Gasteiger partial charge on any atom is 0.271 e. The summed E-state index contributed by atoms with van der Waals surface area (Å²) in [6.45, 7) is 2.26. The van der Waals surface area contributed by atoms with Crippen molar-refractivity contribution in [1.82, 2.24) is 15.3 Å². The van der Waals surface area contributed by atoms with Gasteiger partial charge in [-0.05, 0) is 24.6 Å². The number of benzene rings is 1. The molecule has 0 saturated carbocycles. The minimum absolute atomic E-state index is 0.237. The van der Waals surface area contributed by atoms with Gasteiger partial charge in [0.05, 0.1) is 11.9 Å². The predicted molar refractivity (Wildman–Crippen MR) is 68.8 cm³/mol. The van der Waals surface area contributed by atoms with Crippen LogP contribution in [0.15, 0.2) is 36.7 Å². The third kappa shape index (κ3) is 3.04. The van der Waals surface area contributed by atoms with E-state index < -0.39 is 0 Å². The van der Waals surface area contributed by atoms with Gasteiger partial charge in [-0.1, -0.05) is 12.1 Å². The summed E-state index contributed by atoms with van der Waals surface area (Å²) in [5.41, 5.74) is 8.37. The number of nitrogens with one attached hydrogen (secondary N) is 1. The van der Waals surface area contributed by atoms with Gasteiger partial charge in [0.15, 0.2) is 0 Å². The lowest BCUT2D eigenvalue weighted by molar-refractivity contribution is 0.0945. The van der Waals surface area contributed by atoms with Gasteiger partial charge in [-0.3, -0.25) is 9.78 Å². The first kappa shape index (κ1) is 12.0. The summed E-state index contributed by atoms with van der Waals surface area (Å²) in [6.07, 6.45) is 3.03. The fourth-order valence-electron chi connectivity index (χ4n) is 1.42. The number of anilines is 1. The molecule has 0 aliphatic rings. The molecule has 0 unspecified atom stereocenters. The zero-order valence-electron chi connectivity index (χ0n) is 10.1. The molecule has 2 aromatic rings. The van der Waals surface area contributed by atoms with Crippen molar-refractivity contribution in [3.8, 4) is 0 Å². The number of carbonyl (C=O) groups excluding carboxylic acids is 1.